The van der Waals surface area contributed by atoms with Crippen LogP contribution < -0.4 is 4.90 Å². The summed E-state index contributed by atoms with van der Waals surface area (Å²) in [7, 11) is -3.56. The number of aromatic nitrogens is 2. The van der Waals surface area contributed by atoms with E-state index in [1.165, 1.54) is 0 Å². The van der Waals surface area contributed by atoms with Crippen LogP contribution in [0.3, 0.4) is 0 Å². The molecule has 1 aromatic heterocycles. The van der Waals surface area contributed by atoms with E-state index in [1.807, 2.05) is 19.9 Å². The first-order valence-corrected chi connectivity index (χ1v) is 11.9. The molecule has 2 fully saturated rings. The fraction of sp³-hybridized carbons (Fsp3) is 0.524. The molecule has 0 amide bonds. The standard InChI is InChI=1S/C21H27ClN4O2S/c1-16-13-19(17(2)12-18(16)22)29(27,28)26-11-4-7-21(15-26)6-3-10-25(14-21)20-23-8-5-9-24-20/h5,8-9,12-13H,3-4,6-7,10-11,14-15H2,1-2H3. The lowest BCUT2D eigenvalue weighted by molar-refractivity contribution is 0.122. The van der Waals surface area contributed by atoms with E-state index in [4.69, 9.17) is 11.6 Å². The molecule has 0 N–H and O–H groups in total. The van der Waals surface area contributed by atoms with Gasteiger partial charge in [0.15, 0.2) is 0 Å². The SMILES string of the molecule is Cc1cc(S(=O)(=O)N2CCCC3(CCCN(c4ncccn4)C3)C2)c(C)cc1Cl. The molecule has 0 bridgehead atoms. The number of anilines is 1. The second-order valence-corrected chi connectivity index (χ2v) is 10.7. The molecule has 0 aliphatic carbocycles. The molecule has 2 aliphatic rings. The summed E-state index contributed by atoms with van der Waals surface area (Å²) in [5.74, 6) is 0.732. The minimum atomic E-state index is -3.56. The van der Waals surface area contributed by atoms with E-state index >= 15 is 0 Å². The topological polar surface area (TPSA) is 66.4 Å². The van der Waals surface area contributed by atoms with E-state index in [2.05, 4.69) is 14.9 Å². The maximum absolute atomic E-state index is 13.5. The van der Waals surface area contributed by atoms with Crippen LogP contribution in [0.5, 0.6) is 0 Å². The maximum atomic E-state index is 13.5. The Morgan fingerprint density at radius 2 is 1.69 bits per heavy atom. The first-order chi connectivity index (χ1) is 13.8. The molecule has 3 heterocycles. The number of rotatable bonds is 3. The van der Waals surface area contributed by atoms with E-state index in [-0.39, 0.29) is 5.41 Å². The highest BCUT2D eigenvalue weighted by Gasteiger charge is 2.43. The Morgan fingerprint density at radius 1 is 1.00 bits per heavy atom. The summed E-state index contributed by atoms with van der Waals surface area (Å²) in [5.41, 5.74) is 1.42. The average molecular weight is 435 g/mol. The molecule has 1 atom stereocenters. The third kappa shape index (κ3) is 4.00. The number of hydrogen-bond donors (Lipinski definition) is 0. The van der Waals surface area contributed by atoms with Gasteiger partial charge in [-0.15, -0.1) is 0 Å². The Hall–Kier alpha value is -1.70. The highest BCUT2D eigenvalue weighted by Crippen LogP contribution is 2.41. The fourth-order valence-electron chi connectivity index (χ4n) is 4.71. The van der Waals surface area contributed by atoms with Gasteiger partial charge in [-0.05, 0) is 68.9 Å². The minimum Gasteiger partial charge on any atom is -0.340 e. The third-order valence-corrected chi connectivity index (χ3v) is 8.59. The summed E-state index contributed by atoms with van der Waals surface area (Å²) in [5, 5.41) is 0.599. The molecule has 0 saturated carbocycles. The van der Waals surface area contributed by atoms with Gasteiger partial charge in [-0.1, -0.05) is 11.6 Å². The predicted octanol–water partition coefficient (Wildman–Crippen LogP) is 3.82. The molecule has 2 aromatic rings. The van der Waals surface area contributed by atoms with Crippen LogP contribution in [-0.4, -0.2) is 48.9 Å². The molecule has 1 spiro atoms. The zero-order chi connectivity index (χ0) is 20.6. The van der Waals surface area contributed by atoms with Gasteiger partial charge in [0.1, 0.15) is 0 Å². The van der Waals surface area contributed by atoms with Gasteiger partial charge in [0.25, 0.3) is 0 Å². The van der Waals surface area contributed by atoms with Crippen molar-refractivity contribution in [1.82, 2.24) is 14.3 Å². The maximum Gasteiger partial charge on any atom is 0.243 e. The Bertz CT molecular complexity index is 995. The zero-order valence-electron chi connectivity index (χ0n) is 16.9. The van der Waals surface area contributed by atoms with Gasteiger partial charge < -0.3 is 4.90 Å². The summed E-state index contributed by atoms with van der Waals surface area (Å²) < 4.78 is 28.7. The van der Waals surface area contributed by atoms with Crippen LogP contribution in [0.2, 0.25) is 5.02 Å². The molecular weight excluding hydrogens is 408 g/mol. The van der Waals surface area contributed by atoms with Crippen molar-refractivity contribution in [3.63, 3.8) is 0 Å². The Labute approximate surface area is 178 Å². The predicted molar refractivity (Wildman–Crippen MR) is 115 cm³/mol. The van der Waals surface area contributed by atoms with Crippen molar-refractivity contribution in [3.8, 4) is 0 Å². The zero-order valence-corrected chi connectivity index (χ0v) is 18.5. The second kappa shape index (κ2) is 7.85. The molecule has 4 rings (SSSR count). The molecule has 0 radical (unpaired) electrons. The van der Waals surface area contributed by atoms with Crippen LogP contribution in [0.4, 0.5) is 5.95 Å². The van der Waals surface area contributed by atoms with Gasteiger partial charge in [-0.3, -0.25) is 0 Å². The Morgan fingerprint density at radius 3 is 2.41 bits per heavy atom. The van der Waals surface area contributed by atoms with Gasteiger partial charge >= 0.3 is 0 Å². The van der Waals surface area contributed by atoms with E-state index in [1.54, 1.807) is 28.8 Å². The second-order valence-electron chi connectivity index (χ2n) is 8.38. The molecule has 1 aromatic carbocycles. The highest BCUT2D eigenvalue weighted by molar-refractivity contribution is 7.89. The van der Waals surface area contributed by atoms with Gasteiger partial charge in [0, 0.05) is 49.0 Å². The largest absolute Gasteiger partial charge is 0.340 e. The first kappa shape index (κ1) is 20.6. The van der Waals surface area contributed by atoms with Crippen molar-refractivity contribution < 1.29 is 8.42 Å². The number of piperidine rings is 2. The molecule has 29 heavy (non-hydrogen) atoms. The van der Waals surface area contributed by atoms with Crippen molar-refractivity contribution in [2.45, 2.75) is 44.4 Å². The van der Waals surface area contributed by atoms with Crippen LogP contribution in [-0.2, 0) is 10.0 Å². The first-order valence-electron chi connectivity index (χ1n) is 10.1. The molecule has 2 aliphatic heterocycles. The van der Waals surface area contributed by atoms with Crippen molar-refractivity contribution in [3.05, 3.63) is 46.7 Å². The molecule has 6 nitrogen and oxygen atoms in total. The van der Waals surface area contributed by atoms with Crippen LogP contribution in [0.25, 0.3) is 0 Å². The van der Waals surface area contributed by atoms with Crippen molar-refractivity contribution in [1.29, 1.82) is 0 Å². The average Bonchev–Trinajstić information content (AvgIpc) is 2.71. The van der Waals surface area contributed by atoms with Gasteiger partial charge in [-0.25, -0.2) is 18.4 Å². The Kier molecular flexibility index (Phi) is 5.57. The van der Waals surface area contributed by atoms with Crippen molar-refractivity contribution >= 4 is 27.6 Å². The number of nitrogens with zero attached hydrogens (tertiary/aromatic N) is 4. The summed E-state index contributed by atoms with van der Waals surface area (Å²) >= 11 is 6.19. The van der Waals surface area contributed by atoms with Crippen molar-refractivity contribution in [2.75, 3.05) is 31.1 Å². The Balaban J connectivity index is 1.60. The normalized spacial score (nSPS) is 23.5. The smallest absolute Gasteiger partial charge is 0.243 e. The lowest BCUT2D eigenvalue weighted by Crippen LogP contribution is -2.54. The summed E-state index contributed by atoms with van der Waals surface area (Å²) in [6.07, 6.45) is 7.46. The highest BCUT2D eigenvalue weighted by atomic mass is 35.5. The van der Waals surface area contributed by atoms with Crippen LogP contribution >= 0.6 is 11.6 Å². The number of aryl methyl sites for hydroxylation is 2. The summed E-state index contributed by atoms with van der Waals surface area (Å²) in [6, 6.07) is 5.27. The fourth-order valence-corrected chi connectivity index (χ4v) is 6.81. The summed E-state index contributed by atoms with van der Waals surface area (Å²) in [4.78, 5) is 11.4. The van der Waals surface area contributed by atoms with Crippen LogP contribution in [0.15, 0.2) is 35.5 Å². The monoisotopic (exact) mass is 434 g/mol. The van der Waals surface area contributed by atoms with E-state index in [0.717, 1.165) is 50.3 Å². The number of benzene rings is 1. The van der Waals surface area contributed by atoms with E-state index in [9.17, 15) is 8.42 Å². The summed E-state index contributed by atoms with van der Waals surface area (Å²) in [6.45, 7) is 6.47. The molecular formula is C21H27ClN4O2S. The van der Waals surface area contributed by atoms with Crippen LogP contribution in [0.1, 0.15) is 36.8 Å². The quantitative estimate of drug-likeness (QED) is 0.734. The van der Waals surface area contributed by atoms with Crippen LogP contribution in [0, 0.1) is 19.3 Å². The molecule has 1 unspecified atom stereocenters. The number of halogens is 1. The minimum absolute atomic E-state index is 0.0574. The molecule has 156 valence electrons. The van der Waals surface area contributed by atoms with Gasteiger partial charge in [0.2, 0.25) is 16.0 Å². The molecule has 2 saturated heterocycles. The molecule has 8 heteroatoms. The third-order valence-electron chi connectivity index (χ3n) is 6.20. The van der Waals surface area contributed by atoms with Gasteiger partial charge in [0.05, 0.1) is 4.90 Å². The number of hydrogen-bond acceptors (Lipinski definition) is 5. The number of sulfonamides is 1. The van der Waals surface area contributed by atoms with E-state index in [0.29, 0.717) is 28.6 Å². The lowest BCUT2D eigenvalue weighted by Gasteiger charge is -2.48. The van der Waals surface area contributed by atoms with E-state index < -0.39 is 10.0 Å². The van der Waals surface area contributed by atoms with Gasteiger partial charge in [-0.2, -0.15) is 4.31 Å². The van der Waals surface area contributed by atoms with Crippen molar-refractivity contribution in [2.24, 2.45) is 5.41 Å². The lowest BCUT2D eigenvalue weighted by atomic mass is 9.74.